The van der Waals surface area contributed by atoms with E-state index in [9.17, 15) is 0 Å². The maximum absolute atomic E-state index is 5.93. The quantitative estimate of drug-likeness (QED) is 0.669. The number of hydrogen-bond acceptors (Lipinski definition) is 3. The zero-order chi connectivity index (χ0) is 15.6. The molecule has 0 aromatic heterocycles. The van der Waals surface area contributed by atoms with Crippen LogP contribution in [0.15, 0.2) is 36.4 Å². The molecule has 0 saturated carbocycles. The van der Waals surface area contributed by atoms with Crippen LogP contribution in [-0.4, -0.2) is 26.4 Å². The van der Waals surface area contributed by atoms with Crippen LogP contribution in [0.5, 0.6) is 5.75 Å². The number of ether oxygens (including phenoxy) is 2. The highest BCUT2D eigenvalue weighted by Gasteiger charge is 2.08. The summed E-state index contributed by atoms with van der Waals surface area (Å²) >= 11 is 0. The Labute approximate surface area is 133 Å². The Hall–Kier alpha value is -1.58. The van der Waals surface area contributed by atoms with Crippen LogP contribution in [-0.2, 0) is 11.3 Å². The number of fused-ring (bicyclic) bond motifs is 1. The Bertz CT molecular complexity index is 568. The summed E-state index contributed by atoms with van der Waals surface area (Å²) in [4.78, 5) is 0. The van der Waals surface area contributed by atoms with Gasteiger partial charge in [-0.15, -0.1) is 0 Å². The van der Waals surface area contributed by atoms with Gasteiger partial charge in [0.2, 0.25) is 0 Å². The largest absolute Gasteiger partial charge is 0.493 e. The molecule has 22 heavy (non-hydrogen) atoms. The van der Waals surface area contributed by atoms with E-state index < -0.39 is 0 Å². The number of hydrogen-bond donors (Lipinski definition) is 1. The van der Waals surface area contributed by atoms with Crippen molar-refractivity contribution in [3.05, 3.63) is 42.0 Å². The first-order chi connectivity index (χ1) is 10.9. The van der Waals surface area contributed by atoms with E-state index in [0.717, 1.165) is 51.5 Å². The maximum atomic E-state index is 5.93. The third kappa shape index (κ3) is 4.72. The van der Waals surface area contributed by atoms with Crippen molar-refractivity contribution in [2.24, 2.45) is 0 Å². The SMILES string of the molecule is CCCOc1ccc2ccccc2c1CNCCCOCC. The zero-order valence-corrected chi connectivity index (χ0v) is 13.7. The van der Waals surface area contributed by atoms with Crippen molar-refractivity contribution in [2.45, 2.75) is 33.2 Å². The van der Waals surface area contributed by atoms with Gasteiger partial charge in [-0.05, 0) is 43.1 Å². The molecule has 0 bridgehead atoms. The molecule has 0 aliphatic rings. The lowest BCUT2D eigenvalue weighted by molar-refractivity contribution is 0.144. The van der Waals surface area contributed by atoms with E-state index in [-0.39, 0.29) is 0 Å². The van der Waals surface area contributed by atoms with Gasteiger partial charge in [0.15, 0.2) is 0 Å². The molecule has 3 heteroatoms. The van der Waals surface area contributed by atoms with Crippen LogP contribution < -0.4 is 10.1 Å². The van der Waals surface area contributed by atoms with Gasteiger partial charge in [-0.1, -0.05) is 37.3 Å². The Morgan fingerprint density at radius 2 is 1.86 bits per heavy atom. The van der Waals surface area contributed by atoms with E-state index in [1.54, 1.807) is 0 Å². The summed E-state index contributed by atoms with van der Waals surface area (Å²) in [6.07, 6.45) is 2.05. The van der Waals surface area contributed by atoms with Crippen LogP contribution in [0, 0.1) is 0 Å². The molecule has 2 aromatic carbocycles. The van der Waals surface area contributed by atoms with Gasteiger partial charge in [-0.2, -0.15) is 0 Å². The van der Waals surface area contributed by atoms with Crippen molar-refractivity contribution in [2.75, 3.05) is 26.4 Å². The van der Waals surface area contributed by atoms with Crippen molar-refractivity contribution in [3.63, 3.8) is 0 Å². The average Bonchev–Trinajstić information content (AvgIpc) is 2.56. The predicted molar refractivity (Wildman–Crippen MR) is 92.6 cm³/mol. The molecular weight excluding hydrogens is 274 g/mol. The monoisotopic (exact) mass is 301 g/mol. The van der Waals surface area contributed by atoms with E-state index in [4.69, 9.17) is 9.47 Å². The van der Waals surface area contributed by atoms with Crippen molar-refractivity contribution in [3.8, 4) is 5.75 Å². The summed E-state index contributed by atoms with van der Waals surface area (Å²) in [5, 5.41) is 6.04. The van der Waals surface area contributed by atoms with E-state index in [2.05, 4.69) is 48.6 Å². The van der Waals surface area contributed by atoms with Crippen molar-refractivity contribution in [1.29, 1.82) is 0 Å². The zero-order valence-electron chi connectivity index (χ0n) is 13.7. The lowest BCUT2D eigenvalue weighted by Gasteiger charge is -2.15. The van der Waals surface area contributed by atoms with Crippen molar-refractivity contribution < 1.29 is 9.47 Å². The van der Waals surface area contributed by atoms with Gasteiger partial charge in [0, 0.05) is 25.3 Å². The molecule has 0 atom stereocenters. The summed E-state index contributed by atoms with van der Waals surface area (Å²) in [5.74, 6) is 0.998. The molecule has 0 radical (unpaired) electrons. The molecule has 0 unspecified atom stereocenters. The van der Waals surface area contributed by atoms with Gasteiger partial charge in [0.1, 0.15) is 5.75 Å². The normalized spacial score (nSPS) is 11.0. The van der Waals surface area contributed by atoms with E-state index in [1.165, 1.54) is 16.3 Å². The summed E-state index contributed by atoms with van der Waals surface area (Å²) in [6.45, 7) is 8.31. The first-order valence-electron chi connectivity index (χ1n) is 8.28. The lowest BCUT2D eigenvalue weighted by Crippen LogP contribution is -2.17. The van der Waals surface area contributed by atoms with E-state index in [1.807, 2.05) is 6.92 Å². The standard InChI is InChI=1S/C19H27NO2/c1-3-13-22-19-11-10-16-8-5-6-9-17(16)18(19)15-20-12-7-14-21-4-2/h5-6,8-11,20H,3-4,7,12-15H2,1-2H3. The molecule has 1 N–H and O–H groups in total. The van der Waals surface area contributed by atoms with Crippen LogP contribution in [0.1, 0.15) is 32.3 Å². The minimum Gasteiger partial charge on any atom is -0.493 e. The highest BCUT2D eigenvalue weighted by Crippen LogP contribution is 2.28. The first-order valence-corrected chi connectivity index (χ1v) is 8.28. The van der Waals surface area contributed by atoms with Gasteiger partial charge in [-0.3, -0.25) is 0 Å². The molecule has 0 heterocycles. The van der Waals surface area contributed by atoms with Crippen LogP contribution in [0.4, 0.5) is 0 Å². The molecule has 0 amide bonds. The summed E-state index contributed by atoms with van der Waals surface area (Å²) in [7, 11) is 0. The fourth-order valence-corrected chi connectivity index (χ4v) is 2.50. The van der Waals surface area contributed by atoms with Gasteiger partial charge in [-0.25, -0.2) is 0 Å². The number of nitrogens with one attached hydrogen (secondary N) is 1. The molecule has 0 fully saturated rings. The second kappa shape index (κ2) is 9.44. The predicted octanol–water partition coefficient (Wildman–Crippen LogP) is 4.14. The Morgan fingerprint density at radius 3 is 2.68 bits per heavy atom. The minimum absolute atomic E-state index is 0.760. The fourth-order valence-electron chi connectivity index (χ4n) is 2.50. The van der Waals surface area contributed by atoms with Gasteiger partial charge in [0.05, 0.1) is 6.61 Å². The van der Waals surface area contributed by atoms with Crippen LogP contribution in [0.2, 0.25) is 0 Å². The molecule has 0 aliphatic heterocycles. The van der Waals surface area contributed by atoms with Crippen molar-refractivity contribution in [1.82, 2.24) is 5.32 Å². The lowest BCUT2D eigenvalue weighted by atomic mass is 10.0. The molecule has 0 aliphatic carbocycles. The summed E-state index contributed by atoms with van der Waals surface area (Å²) in [5.41, 5.74) is 1.25. The first kappa shape index (κ1) is 16.8. The second-order valence-corrected chi connectivity index (χ2v) is 5.34. The minimum atomic E-state index is 0.760. The smallest absolute Gasteiger partial charge is 0.124 e. The third-order valence-corrected chi connectivity index (χ3v) is 3.61. The van der Waals surface area contributed by atoms with Crippen LogP contribution in [0.25, 0.3) is 10.8 Å². The van der Waals surface area contributed by atoms with Gasteiger partial charge in [0.25, 0.3) is 0 Å². The molecule has 2 aromatic rings. The molecular formula is C19H27NO2. The summed E-state index contributed by atoms with van der Waals surface area (Å²) < 4.78 is 11.3. The third-order valence-electron chi connectivity index (χ3n) is 3.61. The van der Waals surface area contributed by atoms with Gasteiger partial charge < -0.3 is 14.8 Å². The Balaban J connectivity index is 2.06. The fraction of sp³-hybridized carbons (Fsp3) is 0.474. The molecule has 0 spiro atoms. The second-order valence-electron chi connectivity index (χ2n) is 5.34. The highest BCUT2D eigenvalue weighted by atomic mass is 16.5. The Kier molecular flexibility index (Phi) is 7.20. The number of rotatable bonds is 10. The molecule has 0 saturated heterocycles. The summed E-state index contributed by atoms with van der Waals surface area (Å²) in [6, 6.07) is 12.7. The van der Waals surface area contributed by atoms with Crippen LogP contribution in [0.3, 0.4) is 0 Å². The average molecular weight is 301 g/mol. The highest BCUT2D eigenvalue weighted by molar-refractivity contribution is 5.87. The van der Waals surface area contributed by atoms with E-state index >= 15 is 0 Å². The Morgan fingerprint density at radius 1 is 1.00 bits per heavy atom. The molecule has 120 valence electrons. The number of benzene rings is 2. The van der Waals surface area contributed by atoms with Crippen LogP contribution >= 0.6 is 0 Å². The maximum Gasteiger partial charge on any atom is 0.124 e. The van der Waals surface area contributed by atoms with E-state index in [0.29, 0.717) is 0 Å². The molecule has 2 rings (SSSR count). The molecule has 3 nitrogen and oxygen atoms in total. The van der Waals surface area contributed by atoms with Crippen molar-refractivity contribution >= 4 is 10.8 Å². The topological polar surface area (TPSA) is 30.5 Å². The van der Waals surface area contributed by atoms with Gasteiger partial charge >= 0.3 is 0 Å².